The van der Waals surface area contributed by atoms with Crippen LogP contribution in [0, 0.1) is 29.1 Å². The summed E-state index contributed by atoms with van der Waals surface area (Å²) in [6.07, 6.45) is 0.223. The molecule has 1 heterocycles. The Morgan fingerprint density at radius 3 is 1.75 bits per heavy atom. The SMILES string of the molecule is O=C(CCCCCN1C(=O)C(Cl)=C(Cl)C1=O)Oc1c(F)c(F)c(F)c(F)c1F. The number of imide groups is 1. The van der Waals surface area contributed by atoms with E-state index in [0.29, 0.717) is 0 Å². The third-order valence-corrected chi connectivity index (χ3v) is 4.50. The number of benzene rings is 1. The zero-order valence-electron chi connectivity index (χ0n) is 13.8. The smallest absolute Gasteiger partial charge is 0.311 e. The van der Waals surface area contributed by atoms with Gasteiger partial charge < -0.3 is 4.74 Å². The van der Waals surface area contributed by atoms with Crippen molar-refractivity contribution in [2.24, 2.45) is 0 Å². The summed E-state index contributed by atoms with van der Waals surface area (Å²) in [5.41, 5.74) is 0. The van der Waals surface area contributed by atoms with Crippen molar-refractivity contribution in [3.63, 3.8) is 0 Å². The summed E-state index contributed by atoms with van der Waals surface area (Å²) in [6, 6.07) is 0. The number of carbonyl (C=O) groups excluding carboxylic acids is 3. The van der Waals surface area contributed by atoms with E-state index in [1.807, 2.05) is 0 Å². The molecule has 0 saturated carbocycles. The molecule has 2 amide bonds. The average Bonchev–Trinajstić information content (AvgIpc) is 2.85. The van der Waals surface area contributed by atoms with E-state index >= 15 is 0 Å². The maximum absolute atomic E-state index is 13.4. The van der Waals surface area contributed by atoms with Gasteiger partial charge in [-0.1, -0.05) is 29.6 Å². The Balaban J connectivity index is 1.82. The van der Waals surface area contributed by atoms with Gasteiger partial charge in [-0.2, -0.15) is 8.78 Å². The highest BCUT2D eigenvalue weighted by Gasteiger charge is 2.36. The number of hydrogen-bond acceptors (Lipinski definition) is 4. The summed E-state index contributed by atoms with van der Waals surface area (Å²) in [4.78, 5) is 35.7. The standard InChI is InChI=1S/C16H10Cl2F5NO4/c17-7-8(18)16(27)24(15(7)26)5-3-1-2-4-6(25)28-14-12(22)10(20)9(19)11(21)13(14)23/h1-5H2. The van der Waals surface area contributed by atoms with Crippen molar-refractivity contribution in [2.75, 3.05) is 6.54 Å². The number of ether oxygens (including phenoxy) is 1. The van der Waals surface area contributed by atoms with Crippen molar-refractivity contribution in [2.45, 2.75) is 25.7 Å². The molecule has 1 aliphatic rings. The van der Waals surface area contributed by atoms with Gasteiger partial charge in [-0.25, -0.2) is 13.2 Å². The van der Waals surface area contributed by atoms with Crippen molar-refractivity contribution < 1.29 is 41.1 Å². The monoisotopic (exact) mass is 445 g/mol. The minimum atomic E-state index is -2.37. The van der Waals surface area contributed by atoms with Crippen molar-refractivity contribution in [3.05, 3.63) is 39.2 Å². The predicted octanol–water partition coefficient (Wildman–Crippen LogP) is 3.91. The second-order valence-electron chi connectivity index (χ2n) is 5.57. The minimum Gasteiger partial charge on any atom is -0.420 e. The molecule has 0 aromatic heterocycles. The van der Waals surface area contributed by atoms with E-state index in [1.165, 1.54) is 0 Å². The van der Waals surface area contributed by atoms with E-state index in [1.54, 1.807) is 0 Å². The van der Waals surface area contributed by atoms with E-state index in [-0.39, 0.29) is 25.8 Å². The molecule has 0 fully saturated rings. The van der Waals surface area contributed by atoms with Gasteiger partial charge in [-0.15, -0.1) is 0 Å². The number of halogens is 7. The Morgan fingerprint density at radius 2 is 1.25 bits per heavy atom. The van der Waals surface area contributed by atoms with Crippen LogP contribution < -0.4 is 4.74 Å². The lowest BCUT2D eigenvalue weighted by atomic mass is 10.2. The molecule has 1 aromatic rings. The average molecular weight is 446 g/mol. The van der Waals surface area contributed by atoms with Gasteiger partial charge in [0, 0.05) is 13.0 Å². The molecule has 5 nitrogen and oxygen atoms in total. The van der Waals surface area contributed by atoms with Crippen LogP contribution in [-0.2, 0) is 14.4 Å². The molecular weight excluding hydrogens is 436 g/mol. The molecule has 0 spiro atoms. The molecule has 2 rings (SSSR count). The van der Waals surface area contributed by atoms with E-state index in [2.05, 4.69) is 4.74 Å². The summed E-state index contributed by atoms with van der Waals surface area (Å²) in [6.45, 7) is -0.0310. The van der Waals surface area contributed by atoms with E-state index in [0.717, 1.165) is 4.90 Å². The van der Waals surface area contributed by atoms with Crippen molar-refractivity contribution in [1.29, 1.82) is 0 Å². The first-order valence-electron chi connectivity index (χ1n) is 7.71. The van der Waals surface area contributed by atoms with Crippen LogP contribution in [0.15, 0.2) is 10.1 Å². The Morgan fingerprint density at radius 1 is 0.786 bits per heavy atom. The Bertz CT molecular complexity index is 837. The van der Waals surface area contributed by atoms with Gasteiger partial charge in [-0.05, 0) is 12.8 Å². The molecule has 28 heavy (non-hydrogen) atoms. The van der Waals surface area contributed by atoms with Crippen LogP contribution in [-0.4, -0.2) is 29.2 Å². The van der Waals surface area contributed by atoms with Gasteiger partial charge in [0.1, 0.15) is 10.1 Å². The lowest BCUT2D eigenvalue weighted by Gasteiger charge is -2.13. The molecule has 0 radical (unpaired) electrons. The topological polar surface area (TPSA) is 63.7 Å². The molecule has 0 atom stereocenters. The van der Waals surface area contributed by atoms with Gasteiger partial charge in [0.2, 0.25) is 34.8 Å². The van der Waals surface area contributed by atoms with Gasteiger partial charge in [0.25, 0.3) is 11.8 Å². The molecule has 0 unspecified atom stereocenters. The third kappa shape index (κ3) is 4.27. The van der Waals surface area contributed by atoms with E-state index < -0.39 is 69.1 Å². The number of hydrogen-bond donors (Lipinski definition) is 0. The van der Waals surface area contributed by atoms with Crippen LogP contribution in [0.4, 0.5) is 22.0 Å². The Labute approximate surface area is 164 Å². The lowest BCUT2D eigenvalue weighted by molar-refractivity contribution is -0.138. The van der Waals surface area contributed by atoms with E-state index in [9.17, 15) is 36.3 Å². The fraction of sp³-hybridized carbons (Fsp3) is 0.312. The molecule has 0 N–H and O–H groups in total. The highest BCUT2D eigenvalue weighted by Crippen LogP contribution is 2.30. The largest absolute Gasteiger partial charge is 0.420 e. The molecule has 1 aromatic carbocycles. The second-order valence-corrected chi connectivity index (χ2v) is 6.33. The zero-order valence-corrected chi connectivity index (χ0v) is 15.3. The van der Waals surface area contributed by atoms with Gasteiger partial charge in [0.15, 0.2) is 0 Å². The highest BCUT2D eigenvalue weighted by atomic mass is 35.5. The Hall–Kier alpha value is -2.20. The van der Waals surface area contributed by atoms with Crippen LogP contribution in [0.1, 0.15) is 25.7 Å². The zero-order chi connectivity index (χ0) is 21.2. The first kappa shape index (κ1) is 22.1. The molecule has 0 aliphatic carbocycles. The summed E-state index contributed by atoms with van der Waals surface area (Å²) < 4.78 is 70.1. The maximum atomic E-state index is 13.4. The quantitative estimate of drug-likeness (QED) is 0.121. The summed E-state index contributed by atoms with van der Waals surface area (Å²) in [5, 5.41) is -0.781. The van der Waals surface area contributed by atoms with Crippen LogP contribution in [0.25, 0.3) is 0 Å². The summed E-state index contributed by atoms with van der Waals surface area (Å²) in [7, 11) is 0. The van der Waals surface area contributed by atoms with Gasteiger partial charge in [0.05, 0.1) is 0 Å². The van der Waals surface area contributed by atoms with Crippen molar-refractivity contribution in [3.8, 4) is 5.75 Å². The molecule has 0 saturated heterocycles. The van der Waals surface area contributed by atoms with Crippen LogP contribution >= 0.6 is 23.2 Å². The number of rotatable bonds is 7. The fourth-order valence-electron chi connectivity index (χ4n) is 2.28. The molecule has 12 heteroatoms. The van der Waals surface area contributed by atoms with Crippen LogP contribution in [0.5, 0.6) is 5.75 Å². The van der Waals surface area contributed by atoms with Crippen molar-refractivity contribution in [1.82, 2.24) is 4.90 Å². The van der Waals surface area contributed by atoms with E-state index in [4.69, 9.17) is 23.2 Å². The number of esters is 1. The summed E-state index contributed by atoms with van der Waals surface area (Å²) in [5.74, 6) is -15.7. The predicted molar refractivity (Wildman–Crippen MR) is 85.8 cm³/mol. The number of nitrogens with zero attached hydrogens (tertiary/aromatic N) is 1. The van der Waals surface area contributed by atoms with Gasteiger partial charge >= 0.3 is 5.97 Å². The van der Waals surface area contributed by atoms with Crippen LogP contribution in [0.2, 0.25) is 0 Å². The number of unbranched alkanes of at least 4 members (excludes halogenated alkanes) is 2. The fourth-order valence-corrected chi connectivity index (χ4v) is 2.64. The molecule has 152 valence electrons. The number of amides is 2. The normalized spacial score (nSPS) is 14.3. The molecule has 0 bridgehead atoms. The molecular formula is C16H10Cl2F5NO4. The highest BCUT2D eigenvalue weighted by molar-refractivity contribution is 6.58. The number of carbonyl (C=O) groups is 3. The summed E-state index contributed by atoms with van der Waals surface area (Å²) >= 11 is 11.1. The van der Waals surface area contributed by atoms with Crippen LogP contribution in [0.3, 0.4) is 0 Å². The minimum absolute atomic E-state index is 0.0310. The lowest BCUT2D eigenvalue weighted by Crippen LogP contribution is -2.32. The second kappa shape index (κ2) is 8.87. The third-order valence-electron chi connectivity index (χ3n) is 3.71. The maximum Gasteiger partial charge on any atom is 0.311 e. The van der Waals surface area contributed by atoms with Gasteiger partial charge in [-0.3, -0.25) is 19.3 Å². The first-order valence-corrected chi connectivity index (χ1v) is 8.47. The van der Waals surface area contributed by atoms with Crippen molar-refractivity contribution >= 4 is 41.0 Å². The Kier molecular flexibility index (Phi) is 7.00. The first-order chi connectivity index (χ1) is 13.1. The molecule has 1 aliphatic heterocycles.